The van der Waals surface area contributed by atoms with Crippen LogP contribution in [0, 0.1) is 0 Å². The number of hydrogen-bond donors (Lipinski definition) is 1. The minimum absolute atomic E-state index is 0.118. The van der Waals surface area contributed by atoms with Crippen molar-refractivity contribution >= 4 is 21.7 Å². The highest BCUT2D eigenvalue weighted by atomic mass is 32.2. The summed E-state index contributed by atoms with van der Waals surface area (Å²) >= 11 is 0. The maximum Gasteiger partial charge on any atom is 0.243 e. The van der Waals surface area contributed by atoms with Crippen molar-refractivity contribution in [3.63, 3.8) is 0 Å². The Balaban J connectivity index is 1.56. The molecule has 0 bridgehead atoms. The number of aryl methyl sites for hydroxylation is 2. The third-order valence-electron chi connectivity index (χ3n) is 4.25. The lowest BCUT2D eigenvalue weighted by Gasteiger charge is -2.15. The first-order chi connectivity index (χ1) is 11.9. The summed E-state index contributed by atoms with van der Waals surface area (Å²) < 4.78 is 28.1. The van der Waals surface area contributed by atoms with Crippen molar-refractivity contribution in [3.05, 3.63) is 42.1 Å². The maximum absolute atomic E-state index is 12.5. The number of nitrogens with one attached hydrogen (secondary N) is 1. The lowest BCUT2D eigenvalue weighted by Crippen LogP contribution is -2.27. The zero-order valence-corrected chi connectivity index (χ0v) is 15.0. The highest BCUT2D eigenvalue weighted by Gasteiger charge is 2.26. The third kappa shape index (κ3) is 4.26. The van der Waals surface area contributed by atoms with E-state index in [1.165, 1.54) is 4.31 Å². The molecule has 0 aliphatic carbocycles. The van der Waals surface area contributed by atoms with Gasteiger partial charge in [-0.25, -0.2) is 8.42 Å². The normalized spacial score (nSPS) is 15.4. The van der Waals surface area contributed by atoms with Crippen LogP contribution in [0.2, 0.25) is 0 Å². The molecule has 134 valence electrons. The summed E-state index contributed by atoms with van der Waals surface area (Å²) in [6.07, 6.45) is 4.46. The van der Waals surface area contributed by atoms with Crippen molar-refractivity contribution < 1.29 is 13.2 Å². The first kappa shape index (κ1) is 17.6. The number of amides is 1. The minimum Gasteiger partial charge on any atom is -0.309 e. The number of anilines is 1. The molecular formula is C17H22N4O3S. The largest absolute Gasteiger partial charge is 0.309 e. The molecule has 1 aromatic heterocycles. The van der Waals surface area contributed by atoms with E-state index in [0.717, 1.165) is 18.4 Å². The maximum atomic E-state index is 12.5. The zero-order chi connectivity index (χ0) is 17.9. The Hall–Kier alpha value is -2.19. The Morgan fingerprint density at radius 3 is 2.44 bits per heavy atom. The van der Waals surface area contributed by atoms with Gasteiger partial charge < -0.3 is 5.32 Å². The van der Waals surface area contributed by atoms with Crippen molar-refractivity contribution in [2.24, 2.45) is 7.05 Å². The molecule has 0 saturated carbocycles. The predicted molar refractivity (Wildman–Crippen MR) is 94.6 cm³/mol. The summed E-state index contributed by atoms with van der Waals surface area (Å²) in [6, 6.07) is 8.53. The van der Waals surface area contributed by atoms with Gasteiger partial charge >= 0.3 is 0 Å². The topological polar surface area (TPSA) is 84.3 Å². The zero-order valence-electron chi connectivity index (χ0n) is 14.2. The van der Waals surface area contributed by atoms with Gasteiger partial charge in [0, 0.05) is 38.8 Å². The molecule has 1 amide bonds. The van der Waals surface area contributed by atoms with E-state index in [1.54, 1.807) is 48.3 Å². The van der Waals surface area contributed by atoms with Gasteiger partial charge in [0.1, 0.15) is 0 Å². The number of hydrogen-bond acceptors (Lipinski definition) is 4. The number of nitrogens with zero attached hydrogens (tertiary/aromatic N) is 3. The first-order valence-electron chi connectivity index (χ1n) is 8.34. The molecule has 2 aromatic rings. The molecule has 25 heavy (non-hydrogen) atoms. The van der Waals surface area contributed by atoms with E-state index in [-0.39, 0.29) is 5.91 Å². The molecule has 3 rings (SSSR count). The van der Waals surface area contributed by atoms with Gasteiger partial charge in [0.05, 0.1) is 4.90 Å². The highest BCUT2D eigenvalue weighted by molar-refractivity contribution is 7.89. The molecule has 0 radical (unpaired) electrons. The Kier molecular flexibility index (Phi) is 5.19. The SMILES string of the molecule is Cn1ccc(NC(=O)CCc2ccc(S(=O)(=O)N3CCCC3)cc2)n1. The van der Waals surface area contributed by atoms with E-state index in [1.807, 2.05) is 0 Å². The molecule has 7 nitrogen and oxygen atoms in total. The number of aromatic nitrogens is 2. The van der Waals surface area contributed by atoms with Gasteiger partial charge in [0.15, 0.2) is 5.82 Å². The predicted octanol–water partition coefficient (Wildman–Crippen LogP) is 1.78. The minimum atomic E-state index is -3.38. The van der Waals surface area contributed by atoms with E-state index in [9.17, 15) is 13.2 Å². The molecule has 2 heterocycles. The van der Waals surface area contributed by atoms with Crippen molar-refractivity contribution in [2.45, 2.75) is 30.6 Å². The van der Waals surface area contributed by atoms with Crippen LogP contribution < -0.4 is 5.32 Å². The van der Waals surface area contributed by atoms with Crippen LogP contribution in [0.25, 0.3) is 0 Å². The summed E-state index contributed by atoms with van der Waals surface area (Å²) in [4.78, 5) is 12.2. The van der Waals surface area contributed by atoms with Crippen LogP contribution in [0.5, 0.6) is 0 Å². The number of rotatable bonds is 6. The molecule has 0 spiro atoms. The average Bonchev–Trinajstić information content (AvgIpc) is 3.26. The monoisotopic (exact) mass is 362 g/mol. The standard InChI is InChI=1S/C17H22N4O3S/c1-20-13-10-16(19-20)18-17(22)9-6-14-4-7-15(8-5-14)25(23,24)21-11-2-3-12-21/h4-5,7-8,10,13H,2-3,6,9,11-12H2,1H3,(H,18,19,22). The first-order valence-corrected chi connectivity index (χ1v) is 9.78. The number of carbonyl (C=O) groups is 1. The van der Waals surface area contributed by atoms with Crippen LogP contribution in [-0.4, -0.2) is 41.5 Å². The Labute approximate surface area is 147 Å². The highest BCUT2D eigenvalue weighted by Crippen LogP contribution is 2.21. The summed E-state index contributed by atoms with van der Waals surface area (Å²) in [5.74, 6) is 0.409. The van der Waals surface area contributed by atoms with E-state index in [2.05, 4.69) is 10.4 Å². The second-order valence-electron chi connectivity index (χ2n) is 6.18. The third-order valence-corrected chi connectivity index (χ3v) is 6.16. The van der Waals surface area contributed by atoms with Crippen LogP contribution in [0.15, 0.2) is 41.4 Å². The van der Waals surface area contributed by atoms with Gasteiger partial charge in [-0.05, 0) is 37.0 Å². The molecular weight excluding hydrogens is 340 g/mol. The fourth-order valence-corrected chi connectivity index (χ4v) is 4.37. The van der Waals surface area contributed by atoms with Gasteiger partial charge in [-0.3, -0.25) is 9.48 Å². The molecule has 1 saturated heterocycles. The van der Waals surface area contributed by atoms with E-state index >= 15 is 0 Å². The smallest absolute Gasteiger partial charge is 0.243 e. The molecule has 0 atom stereocenters. The fraction of sp³-hybridized carbons (Fsp3) is 0.412. The Bertz CT molecular complexity index is 837. The number of benzene rings is 1. The number of carbonyl (C=O) groups excluding carboxylic acids is 1. The summed E-state index contributed by atoms with van der Waals surface area (Å²) in [5, 5.41) is 6.83. The molecule has 8 heteroatoms. The molecule has 1 aliphatic heterocycles. The number of sulfonamides is 1. The molecule has 1 fully saturated rings. The van der Waals surface area contributed by atoms with Crippen molar-refractivity contribution in [1.82, 2.24) is 14.1 Å². The Morgan fingerprint density at radius 2 is 1.84 bits per heavy atom. The van der Waals surface area contributed by atoms with Crippen LogP contribution >= 0.6 is 0 Å². The molecule has 0 unspecified atom stereocenters. The lowest BCUT2D eigenvalue weighted by molar-refractivity contribution is -0.116. The van der Waals surface area contributed by atoms with Gasteiger partial charge in [0.2, 0.25) is 15.9 Å². The van der Waals surface area contributed by atoms with E-state index in [4.69, 9.17) is 0 Å². The van der Waals surface area contributed by atoms with E-state index < -0.39 is 10.0 Å². The van der Waals surface area contributed by atoms with Crippen LogP contribution in [0.1, 0.15) is 24.8 Å². The molecule has 1 aromatic carbocycles. The van der Waals surface area contributed by atoms with Gasteiger partial charge in [-0.2, -0.15) is 9.40 Å². The van der Waals surface area contributed by atoms with E-state index in [0.29, 0.717) is 36.6 Å². The summed E-state index contributed by atoms with van der Waals surface area (Å²) in [6.45, 7) is 1.19. The quantitative estimate of drug-likeness (QED) is 0.849. The fourth-order valence-electron chi connectivity index (χ4n) is 2.85. The molecule has 1 aliphatic rings. The summed E-state index contributed by atoms with van der Waals surface area (Å²) in [7, 11) is -1.60. The second kappa shape index (κ2) is 7.37. The van der Waals surface area contributed by atoms with Crippen LogP contribution in [0.3, 0.4) is 0 Å². The van der Waals surface area contributed by atoms with Gasteiger partial charge in [-0.1, -0.05) is 12.1 Å². The lowest BCUT2D eigenvalue weighted by atomic mass is 10.1. The van der Waals surface area contributed by atoms with Crippen molar-refractivity contribution in [3.8, 4) is 0 Å². The van der Waals surface area contributed by atoms with Gasteiger partial charge in [-0.15, -0.1) is 0 Å². The second-order valence-corrected chi connectivity index (χ2v) is 8.12. The molecule has 1 N–H and O–H groups in total. The van der Waals surface area contributed by atoms with Crippen LogP contribution in [-0.2, 0) is 28.3 Å². The average molecular weight is 362 g/mol. The van der Waals surface area contributed by atoms with Crippen molar-refractivity contribution in [1.29, 1.82) is 0 Å². The summed E-state index contributed by atoms with van der Waals surface area (Å²) in [5.41, 5.74) is 0.927. The van der Waals surface area contributed by atoms with Crippen LogP contribution in [0.4, 0.5) is 5.82 Å². The van der Waals surface area contributed by atoms with Gasteiger partial charge in [0.25, 0.3) is 0 Å². The van der Waals surface area contributed by atoms with Crippen molar-refractivity contribution in [2.75, 3.05) is 18.4 Å². The Morgan fingerprint density at radius 1 is 1.16 bits per heavy atom.